The zero-order chi connectivity index (χ0) is 7.65. The van der Waals surface area contributed by atoms with Gasteiger partial charge in [0.05, 0.1) is 0 Å². The number of rotatable bonds is 1. The quantitative estimate of drug-likeness (QED) is 0.435. The van der Waals surface area contributed by atoms with Crippen LogP contribution in [0.2, 0.25) is 0 Å². The maximum atomic E-state index is 11.5. The van der Waals surface area contributed by atoms with Crippen molar-refractivity contribution in [2.75, 3.05) is 0 Å². The molecule has 0 aliphatic carbocycles. The van der Waals surface area contributed by atoms with Gasteiger partial charge in [-0.15, -0.1) is 11.6 Å². The first-order valence-corrected chi connectivity index (χ1v) is 2.72. The lowest BCUT2D eigenvalue weighted by Gasteiger charge is -2.11. The molecule has 0 aromatic rings. The number of alkyl halides is 6. The lowest BCUT2D eigenvalue weighted by Crippen LogP contribution is -2.29. The van der Waals surface area contributed by atoms with Gasteiger partial charge in [-0.2, -0.15) is 13.2 Å². The predicted octanol–water partition coefficient (Wildman–Crippen LogP) is 2.69. The number of halogens is 6. The molecule has 0 saturated heterocycles. The van der Waals surface area contributed by atoms with Crippen LogP contribution in [0.15, 0.2) is 0 Å². The maximum Gasteiger partial charge on any atom is 0.409 e. The van der Waals surface area contributed by atoms with Crippen LogP contribution in [0.25, 0.3) is 0 Å². The van der Waals surface area contributed by atoms with Crippen LogP contribution in [0.5, 0.6) is 0 Å². The smallest absolute Gasteiger partial charge is 0.228 e. The molecule has 0 heterocycles. The monoisotopic (exact) mass is 184 g/mol. The zero-order valence-electron chi connectivity index (χ0n) is 3.92. The number of hydrogen-bond acceptors (Lipinski definition) is 0. The Bertz CT molecular complexity index is 88.3. The molecule has 0 bridgehead atoms. The van der Waals surface area contributed by atoms with E-state index in [0.717, 1.165) is 0 Å². The molecule has 56 valence electrons. The third-order valence-corrected chi connectivity index (χ3v) is 1.38. The summed E-state index contributed by atoms with van der Waals surface area (Å²) >= 11 is 8.85. The van der Waals surface area contributed by atoms with Crippen molar-refractivity contribution >= 4 is 23.2 Å². The summed E-state index contributed by atoms with van der Waals surface area (Å²) in [7, 11) is 0. The van der Waals surface area contributed by atoms with Gasteiger partial charge in [0, 0.05) is 0 Å². The van der Waals surface area contributed by atoms with Gasteiger partial charge in [-0.05, 0) is 0 Å². The lowest BCUT2D eigenvalue weighted by atomic mass is 10.4. The Morgan fingerprint density at radius 1 is 1.11 bits per heavy atom. The Hall–Kier alpha value is 0.300. The predicted molar refractivity (Wildman–Crippen MR) is 26.4 cm³/mol. The van der Waals surface area contributed by atoms with Crippen LogP contribution in [0.1, 0.15) is 0 Å². The second kappa shape index (κ2) is 2.92. The van der Waals surface area contributed by atoms with E-state index in [1.165, 1.54) is 0 Å². The summed E-state index contributed by atoms with van der Waals surface area (Å²) < 4.78 is 45.2. The molecule has 9 heavy (non-hydrogen) atoms. The van der Waals surface area contributed by atoms with Crippen molar-refractivity contribution < 1.29 is 17.6 Å². The van der Waals surface area contributed by atoms with Gasteiger partial charge in [0.25, 0.3) is 0 Å². The molecule has 0 spiro atoms. The van der Waals surface area contributed by atoms with E-state index in [9.17, 15) is 17.6 Å². The SMILES string of the molecule is FC(Cl)C(Cl)C(F)(F)F. The van der Waals surface area contributed by atoms with Gasteiger partial charge >= 0.3 is 6.18 Å². The van der Waals surface area contributed by atoms with Crippen LogP contribution in [0, 0.1) is 0 Å². The first kappa shape index (κ1) is 9.30. The Morgan fingerprint density at radius 2 is 1.44 bits per heavy atom. The highest BCUT2D eigenvalue weighted by Crippen LogP contribution is 2.30. The summed E-state index contributed by atoms with van der Waals surface area (Å²) in [5, 5.41) is -2.61. The van der Waals surface area contributed by atoms with E-state index in [4.69, 9.17) is 0 Å². The topological polar surface area (TPSA) is 0 Å². The van der Waals surface area contributed by atoms with Crippen LogP contribution in [0.3, 0.4) is 0 Å². The normalized spacial score (nSPS) is 19.3. The standard InChI is InChI=1S/C3H2Cl2F4/c4-1(2(5)6)3(7,8)9/h1-2H. The minimum atomic E-state index is -4.76. The van der Waals surface area contributed by atoms with E-state index in [0.29, 0.717) is 0 Å². The lowest BCUT2D eigenvalue weighted by molar-refractivity contribution is -0.136. The Balaban J connectivity index is 3.88. The van der Waals surface area contributed by atoms with Gasteiger partial charge in [0.15, 0.2) is 11.0 Å². The fraction of sp³-hybridized carbons (Fsp3) is 1.00. The summed E-state index contributed by atoms with van der Waals surface area (Å²) in [5.41, 5.74) is -2.58. The van der Waals surface area contributed by atoms with Crippen LogP contribution >= 0.6 is 23.2 Å². The van der Waals surface area contributed by atoms with Gasteiger partial charge < -0.3 is 0 Å². The average Bonchev–Trinajstić information content (AvgIpc) is 1.62. The van der Waals surface area contributed by atoms with Crippen LogP contribution < -0.4 is 0 Å². The second-order valence-electron chi connectivity index (χ2n) is 1.28. The van der Waals surface area contributed by atoms with Crippen molar-refractivity contribution in [1.82, 2.24) is 0 Å². The van der Waals surface area contributed by atoms with E-state index in [2.05, 4.69) is 23.2 Å². The van der Waals surface area contributed by atoms with Gasteiger partial charge in [0.2, 0.25) is 0 Å². The third kappa shape index (κ3) is 3.11. The van der Waals surface area contributed by atoms with Crippen LogP contribution in [-0.2, 0) is 0 Å². The van der Waals surface area contributed by atoms with Crippen molar-refractivity contribution in [2.24, 2.45) is 0 Å². The highest BCUT2D eigenvalue weighted by Gasteiger charge is 2.43. The van der Waals surface area contributed by atoms with Gasteiger partial charge in [-0.25, -0.2) is 4.39 Å². The summed E-state index contributed by atoms with van der Waals surface area (Å²) in [6, 6.07) is 0. The summed E-state index contributed by atoms with van der Waals surface area (Å²) in [4.78, 5) is 0. The summed E-state index contributed by atoms with van der Waals surface area (Å²) in [5.74, 6) is 0. The minimum absolute atomic E-state index is 2.58. The van der Waals surface area contributed by atoms with E-state index in [-0.39, 0.29) is 0 Å². The highest BCUT2D eigenvalue weighted by molar-refractivity contribution is 6.29. The Morgan fingerprint density at radius 3 is 1.44 bits per heavy atom. The first-order chi connectivity index (χ1) is 3.85. The molecule has 0 nitrogen and oxygen atoms in total. The third-order valence-electron chi connectivity index (χ3n) is 0.534. The second-order valence-corrected chi connectivity index (χ2v) is 2.16. The first-order valence-electron chi connectivity index (χ1n) is 1.84. The van der Waals surface area contributed by atoms with Gasteiger partial charge in [0.1, 0.15) is 0 Å². The van der Waals surface area contributed by atoms with E-state index in [1.807, 2.05) is 0 Å². The minimum Gasteiger partial charge on any atom is -0.228 e. The van der Waals surface area contributed by atoms with E-state index < -0.39 is 17.2 Å². The van der Waals surface area contributed by atoms with Crippen molar-refractivity contribution in [3.05, 3.63) is 0 Å². The van der Waals surface area contributed by atoms with Crippen molar-refractivity contribution in [2.45, 2.75) is 17.2 Å². The summed E-state index contributed by atoms with van der Waals surface area (Å²) in [6.45, 7) is 0. The van der Waals surface area contributed by atoms with Gasteiger partial charge in [-0.3, -0.25) is 0 Å². The fourth-order valence-electron chi connectivity index (χ4n) is 0.143. The van der Waals surface area contributed by atoms with E-state index >= 15 is 0 Å². The molecule has 2 atom stereocenters. The molecular formula is C3H2Cl2F4. The van der Waals surface area contributed by atoms with Crippen LogP contribution in [0.4, 0.5) is 17.6 Å². The highest BCUT2D eigenvalue weighted by atomic mass is 35.5. The molecule has 6 heteroatoms. The largest absolute Gasteiger partial charge is 0.409 e. The molecule has 0 aromatic carbocycles. The molecule has 0 aliphatic heterocycles. The maximum absolute atomic E-state index is 11.5. The molecule has 0 saturated carbocycles. The Kier molecular flexibility index (Phi) is 3.02. The molecule has 0 fully saturated rings. The molecule has 0 rings (SSSR count). The molecule has 0 amide bonds. The van der Waals surface area contributed by atoms with Gasteiger partial charge in [-0.1, -0.05) is 11.6 Å². The van der Waals surface area contributed by atoms with E-state index in [1.54, 1.807) is 0 Å². The molecular weight excluding hydrogens is 183 g/mol. The van der Waals surface area contributed by atoms with Crippen molar-refractivity contribution in [1.29, 1.82) is 0 Å². The Labute approximate surface area is 58.7 Å². The van der Waals surface area contributed by atoms with Crippen molar-refractivity contribution in [3.63, 3.8) is 0 Å². The average molecular weight is 185 g/mol. The molecule has 0 radical (unpaired) electrons. The summed E-state index contributed by atoms with van der Waals surface area (Å²) in [6.07, 6.45) is -4.76. The fourth-order valence-corrected chi connectivity index (χ4v) is 0.286. The molecule has 2 unspecified atom stereocenters. The molecule has 0 N–H and O–H groups in total. The molecule has 0 aliphatic rings. The zero-order valence-corrected chi connectivity index (χ0v) is 5.43. The molecule has 0 aromatic heterocycles. The number of hydrogen-bond donors (Lipinski definition) is 0. The van der Waals surface area contributed by atoms with Crippen LogP contribution in [-0.4, -0.2) is 17.2 Å². The van der Waals surface area contributed by atoms with Crippen molar-refractivity contribution in [3.8, 4) is 0 Å².